The van der Waals surface area contributed by atoms with Gasteiger partial charge in [-0.2, -0.15) is 0 Å². The first-order chi connectivity index (χ1) is 15.9. The van der Waals surface area contributed by atoms with Crippen molar-refractivity contribution in [3.63, 3.8) is 0 Å². The summed E-state index contributed by atoms with van der Waals surface area (Å²) in [5.41, 5.74) is 3.28. The maximum atomic E-state index is 12.9. The molecule has 2 heterocycles. The van der Waals surface area contributed by atoms with Gasteiger partial charge in [0.15, 0.2) is 5.82 Å². The predicted molar refractivity (Wildman–Crippen MR) is 129 cm³/mol. The molecule has 1 unspecified atom stereocenters. The van der Waals surface area contributed by atoms with Gasteiger partial charge in [0.2, 0.25) is 11.8 Å². The van der Waals surface area contributed by atoms with E-state index in [4.69, 9.17) is 4.52 Å². The second-order valence-electron chi connectivity index (χ2n) is 7.73. The Balaban J connectivity index is 1.27. The van der Waals surface area contributed by atoms with Crippen LogP contribution in [0.4, 0.5) is 17.2 Å². The molecular formula is C24H24N4O4S. The summed E-state index contributed by atoms with van der Waals surface area (Å²) >= 11 is 1.21. The molecule has 3 amide bonds. The Morgan fingerprint density at radius 2 is 1.88 bits per heavy atom. The van der Waals surface area contributed by atoms with Crippen molar-refractivity contribution in [1.29, 1.82) is 0 Å². The van der Waals surface area contributed by atoms with E-state index in [0.29, 0.717) is 29.4 Å². The number of aromatic nitrogens is 1. The SMILES string of the molecule is Cc1cc(NC(=O)C(C)SCC(=O)Nc2ccc(C(=O)N3CCc4ccccc43)cc2)no1. The number of fused-ring (bicyclic) bond motifs is 1. The second kappa shape index (κ2) is 9.91. The number of hydrogen-bond acceptors (Lipinski definition) is 6. The second-order valence-corrected chi connectivity index (χ2v) is 9.06. The number of anilines is 3. The summed E-state index contributed by atoms with van der Waals surface area (Å²) in [5.74, 6) is 0.509. The van der Waals surface area contributed by atoms with Crippen LogP contribution in [0.2, 0.25) is 0 Å². The molecule has 170 valence electrons. The fourth-order valence-electron chi connectivity index (χ4n) is 3.53. The van der Waals surface area contributed by atoms with Gasteiger partial charge in [-0.05, 0) is 56.2 Å². The van der Waals surface area contributed by atoms with Gasteiger partial charge in [-0.15, -0.1) is 11.8 Å². The number of rotatable bonds is 7. The Kier molecular flexibility index (Phi) is 6.79. The van der Waals surface area contributed by atoms with Gasteiger partial charge in [0, 0.05) is 29.5 Å². The van der Waals surface area contributed by atoms with Crippen molar-refractivity contribution in [2.24, 2.45) is 0 Å². The Morgan fingerprint density at radius 3 is 2.61 bits per heavy atom. The molecule has 1 aliphatic heterocycles. The van der Waals surface area contributed by atoms with Gasteiger partial charge in [-0.3, -0.25) is 14.4 Å². The van der Waals surface area contributed by atoms with Crippen LogP contribution in [-0.2, 0) is 16.0 Å². The van der Waals surface area contributed by atoms with Crippen molar-refractivity contribution in [2.45, 2.75) is 25.5 Å². The molecule has 0 saturated heterocycles. The van der Waals surface area contributed by atoms with E-state index in [0.717, 1.165) is 12.1 Å². The van der Waals surface area contributed by atoms with Gasteiger partial charge in [0.25, 0.3) is 5.91 Å². The van der Waals surface area contributed by atoms with Gasteiger partial charge >= 0.3 is 0 Å². The van der Waals surface area contributed by atoms with Gasteiger partial charge in [-0.1, -0.05) is 23.4 Å². The molecule has 0 saturated carbocycles. The number of nitrogens with zero attached hydrogens (tertiary/aromatic N) is 2. The highest BCUT2D eigenvalue weighted by molar-refractivity contribution is 8.01. The van der Waals surface area contributed by atoms with Crippen LogP contribution in [0.1, 0.15) is 28.6 Å². The van der Waals surface area contributed by atoms with Gasteiger partial charge in [0.05, 0.1) is 11.0 Å². The maximum Gasteiger partial charge on any atom is 0.258 e. The van der Waals surface area contributed by atoms with Crippen molar-refractivity contribution >= 4 is 46.7 Å². The molecule has 4 rings (SSSR count). The molecule has 0 aliphatic carbocycles. The molecule has 1 atom stereocenters. The number of para-hydroxylation sites is 1. The molecule has 9 heteroatoms. The van der Waals surface area contributed by atoms with Crippen LogP contribution in [0.3, 0.4) is 0 Å². The average molecular weight is 465 g/mol. The topological polar surface area (TPSA) is 105 Å². The van der Waals surface area contributed by atoms with E-state index in [1.54, 1.807) is 49.1 Å². The van der Waals surface area contributed by atoms with Gasteiger partial charge in [-0.25, -0.2) is 0 Å². The van der Waals surface area contributed by atoms with E-state index in [1.165, 1.54) is 17.3 Å². The number of nitrogens with one attached hydrogen (secondary N) is 2. The van der Waals surface area contributed by atoms with E-state index >= 15 is 0 Å². The Hall–Kier alpha value is -3.59. The van der Waals surface area contributed by atoms with Crippen LogP contribution < -0.4 is 15.5 Å². The molecule has 0 spiro atoms. The number of benzene rings is 2. The summed E-state index contributed by atoms with van der Waals surface area (Å²) in [7, 11) is 0. The third kappa shape index (κ3) is 5.43. The van der Waals surface area contributed by atoms with E-state index in [1.807, 2.05) is 24.3 Å². The van der Waals surface area contributed by atoms with Crippen molar-refractivity contribution in [3.8, 4) is 0 Å². The lowest BCUT2D eigenvalue weighted by Crippen LogP contribution is -2.28. The quantitative estimate of drug-likeness (QED) is 0.550. The highest BCUT2D eigenvalue weighted by Gasteiger charge is 2.25. The normalized spacial score (nSPS) is 13.3. The van der Waals surface area contributed by atoms with Crippen LogP contribution in [0, 0.1) is 6.92 Å². The standard InChI is InChI=1S/C24H24N4O4S/c1-15-13-21(27-32-15)26-23(30)16(2)33-14-22(29)25-19-9-7-18(8-10-19)24(31)28-12-11-17-5-3-4-6-20(17)28/h3-10,13,16H,11-12,14H2,1-2H3,(H,25,29)(H,26,27,30). The van der Waals surface area contributed by atoms with Crippen molar-refractivity contribution in [3.05, 3.63) is 71.5 Å². The van der Waals surface area contributed by atoms with Gasteiger partial charge in [0.1, 0.15) is 5.76 Å². The number of thioether (sulfide) groups is 1. The zero-order valence-corrected chi connectivity index (χ0v) is 19.1. The number of hydrogen-bond donors (Lipinski definition) is 2. The summed E-state index contributed by atoms with van der Waals surface area (Å²) in [4.78, 5) is 39.2. The first-order valence-electron chi connectivity index (χ1n) is 10.6. The van der Waals surface area contributed by atoms with Gasteiger partial charge < -0.3 is 20.1 Å². The zero-order valence-electron chi connectivity index (χ0n) is 18.3. The summed E-state index contributed by atoms with van der Waals surface area (Å²) in [6.45, 7) is 4.12. The van der Waals surface area contributed by atoms with Crippen molar-refractivity contribution < 1.29 is 18.9 Å². The lowest BCUT2D eigenvalue weighted by molar-refractivity contribution is -0.115. The van der Waals surface area contributed by atoms with E-state index in [9.17, 15) is 14.4 Å². The lowest BCUT2D eigenvalue weighted by atomic mass is 10.1. The predicted octanol–water partition coefficient (Wildman–Crippen LogP) is 3.88. The maximum absolute atomic E-state index is 12.9. The van der Waals surface area contributed by atoms with E-state index < -0.39 is 5.25 Å². The molecule has 3 aromatic rings. The number of carbonyl (C=O) groups excluding carboxylic acids is 3. The molecule has 1 aromatic heterocycles. The highest BCUT2D eigenvalue weighted by atomic mass is 32.2. The molecular weight excluding hydrogens is 440 g/mol. The van der Waals surface area contributed by atoms with Crippen LogP contribution >= 0.6 is 11.8 Å². The third-order valence-electron chi connectivity index (χ3n) is 5.26. The Labute approximate surface area is 195 Å². The number of amides is 3. The van der Waals surface area contributed by atoms with Crippen molar-refractivity contribution in [2.75, 3.05) is 27.8 Å². The zero-order chi connectivity index (χ0) is 23.4. The number of aryl methyl sites for hydroxylation is 1. The molecule has 8 nitrogen and oxygen atoms in total. The molecule has 1 aliphatic rings. The summed E-state index contributed by atoms with van der Waals surface area (Å²) in [5, 5.41) is 8.72. The molecule has 0 radical (unpaired) electrons. The minimum Gasteiger partial charge on any atom is -0.360 e. The van der Waals surface area contributed by atoms with E-state index in [-0.39, 0.29) is 23.5 Å². The largest absolute Gasteiger partial charge is 0.360 e. The minimum absolute atomic E-state index is 0.0597. The molecule has 0 bridgehead atoms. The lowest BCUT2D eigenvalue weighted by Gasteiger charge is -2.17. The summed E-state index contributed by atoms with van der Waals surface area (Å²) in [6, 6.07) is 16.4. The average Bonchev–Trinajstić information content (AvgIpc) is 3.43. The summed E-state index contributed by atoms with van der Waals surface area (Å²) in [6.07, 6.45) is 0.850. The molecule has 2 aromatic carbocycles. The van der Waals surface area contributed by atoms with Crippen LogP contribution in [0.5, 0.6) is 0 Å². The number of carbonyl (C=O) groups is 3. The molecule has 33 heavy (non-hydrogen) atoms. The van der Waals surface area contributed by atoms with Crippen LogP contribution in [0.25, 0.3) is 0 Å². The first kappa shape index (κ1) is 22.6. The Bertz CT molecular complexity index is 1180. The summed E-state index contributed by atoms with van der Waals surface area (Å²) < 4.78 is 4.92. The first-order valence-corrected chi connectivity index (χ1v) is 11.6. The van der Waals surface area contributed by atoms with Crippen molar-refractivity contribution in [1.82, 2.24) is 5.16 Å². The molecule has 2 N–H and O–H groups in total. The smallest absolute Gasteiger partial charge is 0.258 e. The fourth-order valence-corrected chi connectivity index (χ4v) is 4.21. The Morgan fingerprint density at radius 1 is 1.12 bits per heavy atom. The highest BCUT2D eigenvalue weighted by Crippen LogP contribution is 2.29. The van der Waals surface area contributed by atoms with Crippen LogP contribution in [0.15, 0.2) is 59.1 Å². The van der Waals surface area contributed by atoms with Crippen LogP contribution in [-0.4, -0.2) is 40.4 Å². The minimum atomic E-state index is -0.448. The van der Waals surface area contributed by atoms with E-state index in [2.05, 4.69) is 15.8 Å². The monoisotopic (exact) mass is 464 g/mol. The molecule has 0 fully saturated rings. The fraction of sp³-hybridized carbons (Fsp3) is 0.250. The third-order valence-corrected chi connectivity index (χ3v) is 6.40.